The summed E-state index contributed by atoms with van der Waals surface area (Å²) in [5, 5.41) is 0. The highest BCUT2D eigenvalue weighted by atomic mass is 32.2. The van der Waals surface area contributed by atoms with Crippen LogP contribution in [0.3, 0.4) is 0 Å². The van der Waals surface area contributed by atoms with Crippen LogP contribution >= 0.6 is 0 Å². The van der Waals surface area contributed by atoms with E-state index in [-0.39, 0.29) is 55.3 Å². The molecule has 2 aliphatic rings. The molecule has 10 nitrogen and oxygen atoms in total. The third-order valence-electron chi connectivity index (χ3n) is 7.63. The van der Waals surface area contributed by atoms with E-state index >= 15 is 0 Å². The number of carbonyl (C=O) groups is 2. The number of hydrogen-bond acceptors (Lipinski definition) is 7. The summed E-state index contributed by atoms with van der Waals surface area (Å²) in [5.74, 6) is 0.470. The van der Waals surface area contributed by atoms with Gasteiger partial charge in [0.25, 0.3) is 16.0 Å². The molecule has 2 heterocycles. The van der Waals surface area contributed by atoms with Crippen molar-refractivity contribution in [2.24, 2.45) is 13.0 Å². The maximum Gasteiger partial charge on any atom is 0.329 e. The van der Waals surface area contributed by atoms with Gasteiger partial charge in [-0.25, -0.2) is 4.79 Å². The maximum absolute atomic E-state index is 13.5. The van der Waals surface area contributed by atoms with E-state index in [1.807, 2.05) is 30.3 Å². The van der Waals surface area contributed by atoms with Crippen LogP contribution in [-0.2, 0) is 37.5 Å². The van der Waals surface area contributed by atoms with Gasteiger partial charge in [0, 0.05) is 13.5 Å². The third-order valence-corrected chi connectivity index (χ3v) is 8.20. The van der Waals surface area contributed by atoms with Gasteiger partial charge in [0.15, 0.2) is 0 Å². The molecule has 1 aliphatic heterocycles. The molecule has 1 aliphatic carbocycles. The molecule has 0 spiro atoms. The van der Waals surface area contributed by atoms with Crippen LogP contribution < -0.4 is 10.4 Å². The second-order valence-electron chi connectivity index (χ2n) is 10.2. The van der Waals surface area contributed by atoms with E-state index in [0.717, 1.165) is 35.7 Å². The Morgan fingerprint density at radius 2 is 1.71 bits per heavy atom. The number of fused-ring (bicyclic) bond motifs is 1. The lowest BCUT2D eigenvalue weighted by Gasteiger charge is -2.35. The van der Waals surface area contributed by atoms with Gasteiger partial charge in [0.2, 0.25) is 5.91 Å². The average Bonchev–Trinajstić information content (AvgIpc) is 3.10. The number of rotatable bonds is 8. The Bertz CT molecular complexity index is 1550. The van der Waals surface area contributed by atoms with Gasteiger partial charge in [-0.3, -0.25) is 27.8 Å². The van der Waals surface area contributed by atoms with E-state index < -0.39 is 16.2 Å². The number of aromatic nitrogens is 2. The topological polar surface area (TPSA) is 117 Å². The summed E-state index contributed by atoms with van der Waals surface area (Å²) < 4.78 is 35.6. The van der Waals surface area contributed by atoms with Crippen LogP contribution in [0.25, 0.3) is 11.0 Å². The van der Waals surface area contributed by atoms with E-state index in [4.69, 9.17) is 8.92 Å². The van der Waals surface area contributed by atoms with Crippen molar-refractivity contribution in [1.29, 1.82) is 0 Å². The number of piperidine rings is 1. The number of aryl methyl sites for hydroxylation is 1. The molecule has 3 aromatic rings. The minimum Gasteiger partial charge on any atom is -0.497 e. The van der Waals surface area contributed by atoms with Crippen molar-refractivity contribution in [3.63, 3.8) is 0 Å². The van der Waals surface area contributed by atoms with Crippen molar-refractivity contribution in [2.45, 2.75) is 44.2 Å². The summed E-state index contributed by atoms with van der Waals surface area (Å²) >= 11 is 0. The number of imide groups is 1. The van der Waals surface area contributed by atoms with E-state index in [0.29, 0.717) is 11.3 Å². The number of imidazole rings is 1. The fraction of sp³-hybridized carbons (Fsp3) is 0.444. The number of methoxy groups -OCH3 is 1. The first-order chi connectivity index (χ1) is 18.1. The molecule has 0 N–H and O–H groups in total. The summed E-state index contributed by atoms with van der Waals surface area (Å²) in [6.45, 7) is 0.315. The SMILES string of the molecule is COc1ccc(CN2C(=O)CC[C@@H](n3c(=O)n(C)c4cc(C5CC(COS(C)(=O)=O)C5)ccc43)C2=O)cc1. The normalized spacial score (nSPS) is 22.1. The highest BCUT2D eigenvalue weighted by Gasteiger charge is 2.38. The summed E-state index contributed by atoms with van der Waals surface area (Å²) in [5.41, 5.74) is 2.92. The highest BCUT2D eigenvalue weighted by Crippen LogP contribution is 2.42. The van der Waals surface area contributed by atoms with Gasteiger partial charge >= 0.3 is 5.69 Å². The number of ether oxygens (including phenoxy) is 1. The second kappa shape index (κ2) is 10.0. The monoisotopic (exact) mass is 541 g/mol. The molecule has 2 aromatic carbocycles. The molecule has 38 heavy (non-hydrogen) atoms. The van der Waals surface area contributed by atoms with Crippen molar-refractivity contribution in [3.05, 3.63) is 64.1 Å². The molecule has 11 heteroatoms. The molecular weight excluding hydrogens is 510 g/mol. The molecule has 0 unspecified atom stereocenters. The van der Waals surface area contributed by atoms with Gasteiger partial charge in [-0.2, -0.15) is 8.42 Å². The molecule has 2 fully saturated rings. The van der Waals surface area contributed by atoms with Crippen LogP contribution in [0.2, 0.25) is 0 Å². The Morgan fingerprint density at radius 3 is 2.37 bits per heavy atom. The zero-order valence-electron chi connectivity index (χ0n) is 21.6. The largest absolute Gasteiger partial charge is 0.497 e. The molecule has 2 amide bonds. The number of carbonyl (C=O) groups excluding carboxylic acids is 2. The Labute approximate surface area is 220 Å². The number of nitrogens with zero attached hydrogens (tertiary/aromatic N) is 3. The second-order valence-corrected chi connectivity index (χ2v) is 11.8. The molecule has 1 aromatic heterocycles. The average molecular weight is 542 g/mol. The predicted molar refractivity (Wildman–Crippen MR) is 140 cm³/mol. The van der Waals surface area contributed by atoms with Crippen LogP contribution in [-0.4, -0.2) is 54.2 Å². The van der Waals surface area contributed by atoms with Crippen LogP contribution in [0.4, 0.5) is 0 Å². The number of benzene rings is 2. The van der Waals surface area contributed by atoms with Crippen molar-refractivity contribution in [1.82, 2.24) is 14.0 Å². The summed E-state index contributed by atoms with van der Waals surface area (Å²) in [6, 6.07) is 12.2. The first-order valence-electron chi connectivity index (χ1n) is 12.6. The van der Waals surface area contributed by atoms with E-state index in [1.165, 1.54) is 9.47 Å². The Kier molecular flexibility index (Phi) is 6.91. The van der Waals surface area contributed by atoms with Crippen LogP contribution in [0.15, 0.2) is 47.3 Å². The molecule has 0 bridgehead atoms. The van der Waals surface area contributed by atoms with Gasteiger partial charge in [-0.1, -0.05) is 18.2 Å². The highest BCUT2D eigenvalue weighted by molar-refractivity contribution is 7.85. The van der Waals surface area contributed by atoms with Crippen molar-refractivity contribution in [2.75, 3.05) is 20.0 Å². The molecule has 1 atom stereocenters. The fourth-order valence-electron chi connectivity index (χ4n) is 5.44. The lowest BCUT2D eigenvalue weighted by Crippen LogP contribution is -2.47. The van der Waals surface area contributed by atoms with E-state index in [1.54, 1.807) is 30.9 Å². The van der Waals surface area contributed by atoms with Crippen molar-refractivity contribution < 1.29 is 26.9 Å². The smallest absolute Gasteiger partial charge is 0.329 e. The van der Waals surface area contributed by atoms with Crippen LogP contribution in [0.1, 0.15) is 48.8 Å². The van der Waals surface area contributed by atoms with Gasteiger partial charge in [-0.05, 0) is 66.5 Å². The molecule has 1 saturated carbocycles. The Balaban J connectivity index is 1.37. The summed E-state index contributed by atoms with van der Waals surface area (Å²) in [7, 11) is -0.201. The molecule has 5 rings (SSSR count). The lowest BCUT2D eigenvalue weighted by molar-refractivity contribution is -0.151. The van der Waals surface area contributed by atoms with Crippen molar-refractivity contribution in [3.8, 4) is 5.75 Å². The minimum absolute atomic E-state index is 0.133. The van der Waals surface area contributed by atoms with Crippen LogP contribution in [0.5, 0.6) is 5.75 Å². The van der Waals surface area contributed by atoms with Crippen LogP contribution in [0, 0.1) is 5.92 Å². The Hall–Kier alpha value is -3.44. The van der Waals surface area contributed by atoms with Gasteiger partial charge < -0.3 is 4.74 Å². The molecule has 202 valence electrons. The van der Waals surface area contributed by atoms with Gasteiger partial charge in [0.1, 0.15) is 11.8 Å². The molecule has 0 radical (unpaired) electrons. The molecular formula is C27H31N3O7S. The quantitative estimate of drug-likeness (QED) is 0.318. The number of hydrogen-bond donors (Lipinski definition) is 0. The third kappa shape index (κ3) is 5.00. The van der Waals surface area contributed by atoms with E-state index in [9.17, 15) is 22.8 Å². The number of amides is 2. The van der Waals surface area contributed by atoms with Gasteiger partial charge in [-0.15, -0.1) is 0 Å². The predicted octanol–water partition coefficient (Wildman–Crippen LogP) is 2.71. The van der Waals surface area contributed by atoms with Crippen molar-refractivity contribution >= 4 is 33.0 Å². The number of likely N-dealkylation sites (tertiary alicyclic amines) is 1. The van der Waals surface area contributed by atoms with E-state index in [2.05, 4.69) is 0 Å². The summed E-state index contributed by atoms with van der Waals surface area (Å²) in [4.78, 5) is 40.8. The lowest BCUT2D eigenvalue weighted by atomic mass is 9.72. The first-order valence-corrected chi connectivity index (χ1v) is 14.4. The fourth-order valence-corrected chi connectivity index (χ4v) is 5.88. The standard InChI is InChI=1S/C27H31N3O7S/c1-28-24-14-19(20-12-18(13-20)16-37-38(3,34)35)6-9-22(24)30(27(28)33)23-10-11-25(31)29(26(23)32)15-17-4-7-21(36-2)8-5-17/h4-9,14,18,20,23H,10-13,15-16H2,1-3H3/t18?,20?,23-/m1/s1. The molecule has 1 saturated heterocycles. The first kappa shape index (κ1) is 26.2. The zero-order valence-corrected chi connectivity index (χ0v) is 22.4. The zero-order chi connectivity index (χ0) is 27.2. The summed E-state index contributed by atoms with van der Waals surface area (Å²) in [6.07, 6.45) is 3.10. The maximum atomic E-state index is 13.5. The Morgan fingerprint density at radius 1 is 1.00 bits per heavy atom. The van der Waals surface area contributed by atoms with Gasteiger partial charge in [0.05, 0.1) is 37.6 Å². The minimum atomic E-state index is -3.46.